The van der Waals surface area contributed by atoms with Gasteiger partial charge in [0.25, 0.3) is 0 Å². The summed E-state index contributed by atoms with van der Waals surface area (Å²) in [5.41, 5.74) is 0.945. The summed E-state index contributed by atoms with van der Waals surface area (Å²) >= 11 is 0. The van der Waals surface area contributed by atoms with Crippen molar-refractivity contribution in [1.82, 2.24) is 20.5 Å². The highest BCUT2D eigenvalue weighted by atomic mass is 127. The summed E-state index contributed by atoms with van der Waals surface area (Å²) < 4.78 is 0. The minimum Gasteiger partial charge on any atom is -0.384 e. The summed E-state index contributed by atoms with van der Waals surface area (Å²) in [5.74, 6) is 1.71. The Balaban J connectivity index is 0.00000341. The number of likely N-dealkylation sites (N-methyl/N-ethyl adjacent to an activating group) is 1. The lowest BCUT2D eigenvalue weighted by Gasteiger charge is -2.33. The van der Waals surface area contributed by atoms with E-state index in [1.54, 1.807) is 6.92 Å². The number of piperazine rings is 1. The lowest BCUT2D eigenvalue weighted by atomic mass is 9.96. The zero-order valence-electron chi connectivity index (χ0n) is 18.7. The number of anilines is 1. The molecule has 1 unspecified atom stereocenters. The van der Waals surface area contributed by atoms with Gasteiger partial charge in [-0.05, 0) is 38.1 Å². The van der Waals surface area contributed by atoms with Crippen LogP contribution in [0.5, 0.6) is 0 Å². The number of aliphatic imine (C=N–C) groups is 1. The number of nitrogens with one attached hydrogen (secondary N) is 2. The first-order valence-electron chi connectivity index (χ1n) is 10.7. The van der Waals surface area contributed by atoms with Gasteiger partial charge < -0.3 is 25.5 Å². The van der Waals surface area contributed by atoms with Crippen LogP contribution >= 0.6 is 24.0 Å². The fourth-order valence-electron chi connectivity index (χ4n) is 3.40. The molecule has 2 aromatic rings. The Morgan fingerprint density at radius 1 is 1.10 bits per heavy atom. The number of halogens is 1. The molecular formula is C23H35IN6O. The molecule has 2 heterocycles. The van der Waals surface area contributed by atoms with Crippen LogP contribution in [0.1, 0.15) is 25.0 Å². The maximum Gasteiger partial charge on any atom is 0.191 e. The van der Waals surface area contributed by atoms with Crippen LogP contribution in [0, 0.1) is 0 Å². The SMILES string of the molecule is CCNC(=NCc1ccc(N2CCN(C)CC2)nc1)NCC(C)(O)c1ccccc1.I. The molecule has 3 rings (SSSR count). The van der Waals surface area contributed by atoms with Gasteiger partial charge in [-0.1, -0.05) is 36.4 Å². The summed E-state index contributed by atoms with van der Waals surface area (Å²) in [6, 6.07) is 13.8. The van der Waals surface area contributed by atoms with Crippen LogP contribution in [0.25, 0.3) is 0 Å². The minimum absolute atomic E-state index is 0. The van der Waals surface area contributed by atoms with E-state index in [2.05, 4.69) is 49.6 Å². The average molecular weight is 538 g/mol. The van der Waals surface area contributed by atoms with Gasteiger partial charge >= 0.3 is 0 Å². The van der Waals surface area contributed by atoms with Crippen LogP contribution in [0.2, 0.25) is 0 Å². The van der Waals surface area contributed by atoms with Crippen LogP contribution in [0.15, 0.2) is 53.7 Å². The topological polar surface area (TPSA) is 76.0 Å². The fourth-order valence-corrected chi connectivity index (χ4v) is 3.40. The van der Waals surface area contributed by atoms with Crippen molar-refractivity contribution in [2.75, 3.05) is 51.2 Å². The normalized spacial score (nSPS) is 16.9. The van der Waals surface area contributed by atoms with Crippen molar-refractivity contribution >= 4 is 35.8 Å². The third kappa shape index (κ3) is 7.62. The summed E-state index contributed by atoms with van der Waals surface area (Å²) in [5, 5.41) is 17.3. The van der Waals surface area contributed by atoms with Gasteiger partial charge in [0, 0.05) is 38.9 Å². The molecule has 0 spiro atoms. The second-order valence-electron chi connectivity index (χ2n) is 8.00. The Hall–Kier alpha value is -1.91. The first kappa shape index (κ1) is 25.4. The molecule has 3 N–H and O–H groups in total. The Labute approximate surface area is 203 Å². The maximum absolute atomic E-state index is 10.8. The average Bonchev–Trinajstić information content (AvgIpc) is 2.77. The molecule has 31 heavy (non-hydrogen) atoms. The van der Waals surface area contributed by atoms with E-state index >= 15 is 0 Å². The Morgan fingerprint density at radius 2 is 1.81 bits per heavy atom. The maximum atomic E-state index is 10.8. The number of rotatable bonds is 7. The van der Waals surface area contributed by atoms with Crippen molar-refractivity contribution in [2.45, 2.75) is 26.0 Å². The standard InChI is InChI=1S/C23H34N6O.HI/c1-4-24-22(27-18-23(2,30)20-8-6-5-7-9-20)26-17-19-10-11-21(25-16-19)29-14-12-28(3)13-15-29;/h5-11,16,30H,4,12-15,17-18H2,1-3H3,(H2,24,26,27);1H. The molecule has 1 aromatic heterocycles. The first-order chi connectivity index (χ1) is 14.5. The van der Waals surface area contributed by atoms with Crippen molar-refractivity contribution < 1.29 is 5.11 Å². The van der Waals surface area contributed by atoms with E-state index in [9.17, 15) is 5.11 Å². The molecule has 1 fully saturated rings. The molecule has 1 aliphatic rings. The van der Waals surface area contributed by atoms with Gasteiger partial charge in [-0.2, -0.15) is 0 Å². The Kier molecular flexibility index (Phi) is 9.98. The van der Waals surface area contributed by atoms with Crippen LogP contribution in [0.4, 0.5) is 5.82 Å². The quantitative estimate of drug-likeness (QED) is 0.286. The molecule has 0 amide bonds. The van der Waals surface area contributed by atoms with Gasteiger partial charge in [0.05, 0.1) is 13.1 Å². The summed E-state index contributed by atoms with van der Waals surface area (Å²) in [4.78, 5) is 14.0. The second-order valence-corrected chi connectivity index (χ2v) is 8.00. The van der Waals surface area contributed by atoms with E-state index in [-0.39, 0.29) is 24.0 Å². The predicted molar refractivity (Wildman–Crippen MR) is 138 cm³/mol. The minimum atomic E-state index is -0.983. The largest absolute Gasteiger partial charge is 0.384 e. The molecule has 8 heteroatoms. The van der Waals surface area contributed by atoms with Gasteiger partial charge in [0.1, 0.15) is 11.4 Å². The zero-order valence-corrected chi connectivity index (χ0v) is 21.0. The first-order valence-corrected chi connectivity index (χ1v) is 10.7. The highest BCUT2D eigenvalue weighted by molar-refractivity contribution is 14.0. The smallest absolute Gasteiger partial charge is 0.191 e. The second kappa shape index (κ2) is 12.2. The van der Waals surface area contributed by atoms with E-state index in [4.69, 9.17) is 0 Å². The predicted octanol–water partition coefficient (Wildman–Crippen LogP) is 2.41. The lowest BCUT2D eigenvalue weighted by molar-refractivity contribution is 0.0617. The van der Waals surface area contributed by atoms with E-state index in [0.29, 0.717) is 19.0 Å². The van der Waals surface area contributed by atoms with Crippen LogP contribution in [-0.4, -0.2) is 67.3 Å². The molecule has 170 valence electrons. The number of aliphatic hydroxyl groups is 1. The Morgan fingerprint density at radius 3 is 2.42 bits per heavy atom. The van der Waals surface area contributed by atoms with E-state index in [0.717, 1.165) is 49.7 Å². The van der Waals surface area contributed by atoms with Crippen molar-refractivity contribution in [3.05, 3.63) is 59.8 Å². The molecule has 0 bridgehead atoms. The molecule has 0 saturated carbocycles. The molecule has 0 radical (unpaired) electrons. The van der Waals surface area contributed by atoms with Crippen LogP contribution in [-0.2, 0) is 12.1 Å². The van der Waals surface area contributed by atoms with Gasteiger partial charge in [0.15, 0.2) is 5.96 Å². The molecule has 0 aliphatic carbocycles. The summed E-state index contributed by atoms with van der Waals surface area (Å²) in [6.45, 7) is 9.63. The number of nitrogens with zero attached hydrogens (tertiary/aromatic N) is 4. The fraction of sp³-hybridized carbons (Fsp3) is 0.478. The third-order valence-corrected chi connectivity index (χ3v) is 5.40. The number of hydrogen-bond donors (Lipinski definition) is 3. The Bertz CT molecular complexity index is 805. The molecular weight excluding hydrogens is 503 g/mol. The van der Waals surface area contributed by atoms with Gasteiger partial charge in [0.2, 0.25) is 0 Å². The zero-order chi connectivity index (χ0) is 21.4. The van der Waals surface area contributed by atoms with Crippen molar-refractivity contribution in [2.24, 2.45) is 4.99 Å². The van der Waals surface area contributed by atoms with Crippen molar-refractivity contribution in [3.63, 3.8) is 0 Å². The van der Waals surface area contributed by atoms with E-state index in [1.165, 1.54) is 0 Å². The van der Waals surface area contributed by atoms with Gasteiger partial charge in [-0.15, -0.1) is 24.0 Å². The molecule has 1 saturated heterocycles. The molecule has 1 atom stereocenters. The highest BCUT2D eigenvalue weighted by Crippen LogP contribution is 2.19. The van der Waals surface area contributed by atoms with Crippen LogP contribution in [0.3, 0.4) is 0 Å². The number of aromatic nitrogens is 1. The monoisotopic (exact) mass is 538 g/mol. The lowest BCUT2D eigenvalue weighted by Crippen LogP contribution is -2.44. The van der Waals surface area contributed by atoms with E-state index in [1.807, 2.05) is 43.5 Å². The van der Waals surface area contributed by atoms with Crippen molar-refractivity contribution in [3.8, 4) is 0 Å². The summed E-state index contributed by atoms with van der Waals surface area (Å²) in [6.07, 6.45) is 1.90. The molecule has 1 aromatic carbocycles. The number of guanidine groups is 1. The van der Waals surface area contributed by atoms with Gasteiger partial charge in [-0.25, -0.2) is 9.98 Å². The number of pyridine rings is 1. The van der Waals surface area contributed by atoms with Crippen LogP contribution < -0.4 is 15.5 Å². The molecule has 1 aliphatic heterocycles. The summed E-state index contributed by atoms with van der Waals surface area (Å²) in [7, 11) is 2.15. The third-order valence-electron chi connectivity index (χ3n) is 5.40. The number of hydrogen-bond acceptors (Lipinski definition) is 5. The highest BCUT2D eigenvalue weighted by Gasteiger charge is 2.23. The van der Waals surface area contributed by atoms with Crippen molar-refractivity contribution in [1.29, 1.82) is 0 Å². The van der Waals surface area contributed by atoms with E-state index < -0.39 is 5.60 Å². The molecule has 7 nitrogen and oxygen atoms in total. The number of benzene rings is 1. The van der Waals surface area contributed by atoms with Gasteiger partial charge in [-0.3, -0.25) is 0 Å².